The van der Waals surface area contributed by atoms with E-state index >= 15 is 0 Å². The van der Waals surface area contributed by atoms with E-state index in [9.17, 15) is 0 Å². The smallest absolute Gasteiger partial charge is 0.108 e. The third-order valence-electron chi connectivity index (χ3n) is 3.55. The molecular formula is C17H14BrClO. The van der Waals surface area contributed by atoms with E-state index in [4.69, 9.17) is 16.0 Å². The Balaban J connectivity index is 2.17. The first kappa shape index (κ1) is 13.7. The van der Waals surface area contributed by atoms with Gasteiger partial charge in [-0.2, -0.15) is 0 Å². The molecule has 0 fully saturated rings. The van der Waals surface area contributed by atoms with Crippen molar-refractivity contribution < 1.29 is 4.42 Å². The fourth-order valence-corrected chi connectivity index (χ4v) is 3.57. The molecule has 1 heterocycles. The van der Waals surface area contributed by atoms with Crippen LogP contribution in [0, 0.1) is 0 Å². The van der Waals surface area contributed by atoms with Crippen LogP contribution in [0.5, 0.6) is 0 Å². The first-order valence-electron chi connectivity index (χ1n) is 6.60. The number of benzene rings is 2. The Labute approximate surface area is 131 Å². The summed E-state index contributed by atoms with van der Waals surface area (Å²) in [5, 5.41) is 3.04. The van der Waals surface area contributed by atoms with E-state index in [0.29, 0.717) is 0 Å². The topological polar surface area (TPSA) is 13.1 Å². The summed E-state index contributed by atoms with van der Waals surface area (Å²) in [5.74, 6) is 1.02. The van der Waals surface area contributed by atoms with E-state index in [-0.39, 0.29) is 4.83 Å². The molecule has 3 heteroatoms. The molecule has 1 atom stereocenters. The second-order valence-corrected chi connectivity index (χ2v) is 6.02. The van der Waals surface area contributed by atoms with Crippen LogP contribution in [0.1, 0.15) is 28.6 Å². The van der Waals surface area contributed by atoms with E-state index < -0.39 is 0 Å². The number of hydrogen-bond donors (Lipinski definition) is 0. The number of aryl methyl sites for hydroxylation is 1. The van der Waals surface area contributed by atoms with E-state index in [2.05, 4.69) is 41.1 Å². The average Bonchev–Trinajstić information content (AvgIpc) is 2.96. The first-order valence-corrected chi connectivity index (χ1v) is 7.89. The lowest BCUT2D eigenvalue weighted by Gasteiger charge is -2.14. The molecule has 0 aliphatic heterocycles. The Morgan fingerprint density at radius 1 is 1.05 bits per heavy atom. The van der Waals surface area contributed by atoms with Gasteiger partial charge in [0.25, 0.3) is 0 Å². The van der Waals surface area contributed by atoms with Crippen LogP contribution in [0.3, 0.4) is 0 Å². The molecule has 0 spiro atoms. The van der Waals surface area contributed by atoms with Gasteiger partial charge < -0.3 is 4.42 Å². The molecular weight excluding hydrogens is 336 g/mol. The molecule has 1 nitrogen and oxygen atoms in total. The van der Waals surface area contributed by atoms with E-state index in [1.54, 1.807) is 6.26 Å². The molecule has 0 aliphatic carbocycles. The van der Waals surface area contributed by atoms with Crippen molar-refractivity contribution >= 4 is 38.3 Å². The van der Waals surface area contributed by atoms with Crippen molar-refractivity contribution in [2.24, 2.45) is 0 Å². The van der Waals surface area contributed by atoms with Crippen LogP contribution in [0.25, 0.3) is 10.8 Å². The van der Waals surface area contributed by atoms with Crippen LogP contribution < -0.4 is 0 Å². The average molecular weight is 350 g/mol. The minimum atomic E-state index is 0.110. The molecule has 20 heavy (non-hydrogen) atoms. The fraction of sp³-hybridized carbons (Fsp3) is 0.176. The highest BCUT2D eigenvalue weighted by molar-refractivity contribution is 9.09. The van der Waals surface area contributed by atoms with E-state index in [0.717, 1.165) is 22.6 Å². The van der Waals surface area contributed by atoms with Crippen molar-refractivity contribution in [1.29, 1.82) is 0 Å². The Kier molecular flexibility index (Phi) is 3.86. The maximum absolute atomic E-state index is 6.28. The molecule has 1 aromatic heterocycles. The first-order chi connectivity index (χ1) is 9.72. The van der Waals surface area contributed by atoms with Gasteiger partial charge >= 0.3 is 0 Å². The second-order valence-electron chi connectivity index (χ2n) is 4.70. The third-order valence-corrected chi connectivity index (χ3v) is 4.87. The molecule has 1 unspecified atom stereocenters. The van der Waals surface area contributed by atoms with Crippen molar-refractivity contribution in [1.82, 2.24) is 0 Å². The molecule has 0 amide bonds. The molecule has 0 bridgehead atoms. The highest BCUT2D eigenvalue weighted by Crippen LogP contribution is 2.39. The lowest BCUT2D eigenvalue weighted by molar-refractivity contribution is 0.512. The minimum Gasteiger partial charge on any atom is -0.469 e. The van der Waals surface area contributed by atoms with Crippen LogP contribution in [-0.4, -0.2) is 0 Å². The Bertz CT molecular complexity index is 748. The Morgan fingerprint density at radius 3 is 2.55 bits per heavy atom. The van der Waals surface area contributed by atoms with Crippen molar-refractivity contribution in [2.75, 3.05) is 0 Å². The van der Waals surface area contributed by atoms with Crippen LogP contribution in [0.2, 0.25) is 5.02 Å². The molecule has 0 radical (unpaired) electrons. The van der Waals surface area contributed by atoms with Gasteiger partial charge in [0, 0.05) is 22.4 Å². The number of halogens is 2. The largest absolute Gasteiger partial charge is 0.469 e. The van der Waals surface area contributed by atoms with Crippen LogP contribution in [0.15, 0.2) is 53.1 Å². The van der Waals surface area contributed by atoms with Crippen LogP contribution in [0.4, 0.5) is 0 Å². The zero-order valence-corrected chi connectivity index (χ0v) is 13.4. The van der Waals surface area contributed by atoms with Gasteiger partial charge in [-0.3, -0.25) is 0 Å². The van der Waals surface area contributed by atoms with Gasteiger partial charge in [0.15, 0.2) is 0 Å². The number of furan rings is 1. The van der Waals surface area contributed by atoms with E-state index in [1.165, 1.54) is 16.5 Å². The fourth-order valence-electron chi connectivity index (χ4n) is 2.54. The van der Waals surface area contributed by atoms with Crippen LogP contribution in [-0.2, 0) is 6.42 Å². The van der Waals surface area contributed by atoms with Gasteiger partial charge in [-0.15, -0.1) is 0 Å². The predicted octanol–water partition coefficient (Wildman–Crippen LogP) is 6.13. The highest BCUT2D eigenvalue weighted by atomic mass is 79.9. The standard InChI is InChI=1S/C17H14BrClO/c1-2-16-14(9-10-20-16)17(18)13-7-8-15(19)12-6-4-3-5-11(12)13/h3-10,17H,2H2,1H3. The maximum Gasteiger partial charge on any atom is 0.108 e. The molecule has 2 aromatic carbocycles. The molecule has 0 saturated heterocycles. The van der Waals surface area contributed by atoms with Crippen molar-refractivity contribution in [3.63, 3.8) is 0 Å². The summed E-state index contributed by atoms with van der Waals surface area (Å²) in [4.78, 5) is 0.110. The summed E-state index contributed by atoms with van der Waals surface area (Å²) < 4.78 is 5.54. The molecule has 3 aromatic rings. The van der Waals surface area contributed by atoms with Crippen molar-refractivity contribution in [3.8, 4) is 0 Å². The molecule has 0 N–H and O–H groups in total. The minimum absolute atomic E-state index is 0.110. The van der Waals surface area contributed by atoms with Gasteiger partial charge in [-0.1, -0.05) is 64.8 Å². The number of rotatable bonds is 3. The number of fused-ring (bicyclic) bond motifs is 1. The van der Waals surface area contributed by atoms with Crippen molar-refractivity contribution in [2.45, 2.75) is 18.2 Å². The summed E-state index contributed by atoms with van der Waals surface area (Å²) >= 11 is 10.1. The SMILES string of the molecule is CCc1occc1C(Br)c1ccc(Cl)c2ccccc12. The summed E-state index contributed by atoms with van der Waals surface area (Å²) in [6.45, 7) is 2.10. The third kappa shape index (κ3) is 2.27. The second kappa shape index (κ2) is 5.63. The predicted molar refractivity (Wildman–Crippen MR) is 87.8 cm³/mol. The van der Waals surface area contributed by atoms with Crippen LogP contribution >= 0.6 is 27.5 Å². The van der Waals surface area contributed by atoms with Gasteiger partial charge in [0.1, 0.15) is 5.76 Å². The molecule has 0 aliphatic rings. The quantitative estimate of drug-likeness (QED) is 0.518. The Morgan fingerprint density at radius 2 is 1.80 bits per heavy atom. The van der Waals surface area contributed by atoms with Gasteiger partial charge in [-0.05, 0) is 23.1 Å². The lowest BCUT2D eigenvalue weighted by atomic mass is 9.98. The maximum atomic E-state index is 6.28. The summed E-state index contributed by atoms with van der Waals surface area (Å²) in [5.41, 5.74) is 2.39. The van der Waals surface area contributed by atoms with Gasteiger partial charge in [-0.25, -0.2) is 0 Å². The molecule has 102 valence electrons. The van der Waals surface area contributed by atoms with Crippen molar-refractivity contribution in [3.05, 3.63) is 70.6 Å². The Hall–Kier alpha value is -1.25. The molecule has 0 saturated carbocycles. The summed E-state index contributed by atoms with van der Waals surface area (Å²) in [6.07, 6.45) is 2.64. The summed E-state index contributed by atoms with van der Waals surface area (Å²) in [7, 11) is 0. The van der Waals surface area contributed by atoms with Gasteiger partial charge in [0.2, 0.25) is 0 Å². The van der Waals surface area contributed by atoms with E-state index in [1.807, 2.05) is 24.3 Å². The van der Waals surface area contributed by atoms with Gasteiger partial charge in [0.05, 0.1) is 11.1 Å². The number of hydrogen-bond acceptors (Lipinski definition) is 1. The number of alkyl halides is 1. The zero-order chi connectivity index (χ0) is 14.1. The highest BCUT2D eigenvalue weighted by Gasteiger charge is 2.18. The zero-order valence-electron chi connectivity index (χ0n) is 11.1. The normalized spacial score (nSPS) is 12.8. The molecule has 3 rings (SSSR count). The lowest BCUT2D eigenvalue weighted by Crippen LogP contribution is -1.96. The summed E-state index contributed by atoms with van der Waals surface area (Å²) in [6, 6.07) is 14.3. The monoisotopic (exact) mass is 348 g/mol.